The lowest BCUT2D eigenvalue weighted by molar-refractivity contribution is -0.0504. The van der Waals surface area contributed by atoms with Crippen LogP contribution in [-0.4, -0.2) is 55.0 Å². The smallest absolute Gasteiger partial charge is 0.156 e. The lowest BCUT2D eigenvalue weighted by atomic mass is 9.99. The first-order valence-corrected chi connectivity index (χ1v) is 9.86. The first-order valence-electron chi connectivity index (χ1n) is 9.86. The van der Waals surface area contributed by atoms with Gasteiger partial charge in [-0.25, -0.2) is 9.97 Å². The van der Waals surface area contributed by atoms with Gasteiger partial charge in [0.1, 0.15) is 12.4 Å². The minimum absolute atomic E-state index is 0. The Balaban J connectivity index is 0.00000131. The first kappa shape index (κ1) is 22.6. The van der Waals surface area contributed by atoms with Crippen LogP contribution in [0.4, 0.5) is 5.82 Å². The molecule has 1 aromatic rings. The maximum atomic E-state index is 6.22. The molecule has 6 nitrogen and oxygen atoms in total. The number of halogens is 2. The van der Waals surface area contributed by atoms with E-state index in [2.05, 4.69) is 10.2 Å². The number of aromatic nitrogens is 2. The van der Waals surface area contributed by atoms with Crippen molar-refractivity contribution in [2.45, 2.75) is 57.7 Å². The summed E-state index contributed by atoms with van der Waals surface area (Å²) in [5.41, 5.74) is 2.59. The highest BCUT2D eigenvalue weighted by Gasteiger charge is 2.40. The number of hydrogen-bond acceptors (Lipinski definition) is 6. The third kappa shape index (κ3) is 5.04. The van der Waals surface area contributed by atoms with Crippen molar-refractivity contribution < 1.29 is 9.47 Å². The Morgan fingerprint density at radius 1 is 1.15 bits per heavy atom. The standard InChI is InChI=1S/C19H30N4O2.2ClH/c1-2-24-13-17-21-16-6-10-20-9-5-15(16)18(22-17)23-11-12-25-19(14-23)7-3-4-8-19;;/h20H,2-14H2,1H3;2*1H. The molecule has 0 radical (unpaired) electrons. The fourth-order valence-electron chi connectivity index (χ4n) is 4.44. The van der Waals surface area contributed by atoms with Crippen LogP contribution in [0.5, 0.6) is 0 Å². The van der Waals surface area contributed by atoms with E-state index in [4.69, 9.17) is 19.4 Å². The van der Waals surface area contributed by atoms with Crippen molar-refractivity contribution in [3.8, 4) is 0 Å². The van der Waals surface area contributed by atoms with Crippen molar-refractivity contribution >= 4 is 30.6 Å². The molecule has 2 aliphatic heterocycles. The summed E-state index contributed by atoms with van der Waals surface area (Å²) in [6, 6.07) is 0. The summed E-state index contributed by atoms with van der Waals surface area (Å²) in [7, 11) is 0. The second kappa shape index (κ2) is 10.2. The Labute approximate surface area is 174 Å². The normalized spacial score (nSPS) is 21.1. The molecular weight excluding hydrogens is 387 g/mol. The molecule has 0 atom stereocenters. The number of anilines is 1. The Bertz CT molecular complexity index is 612. The van der Waals surface area contributed by atoms with E-state index in [1.807, 2.05) is 6.92 Å². The molecule has 0 aromatic carbocycles. The molecule has 3 aliphatic rings. The average Bonchev–Trinajstić information content (AvgIpc) is 2.94. The number of morpholine rings is 1. The van der Waals surface area contributed by atoms with Gasteiger partial charge in [0, 0.05) is 38.2 Å². The molecule has 1 spiro atoms. The third-order valence-electron chi connectivity index (χ3n) is 5.71. The molecule has 3 heterocycles. The highest BCUT2D eigenvalue weighted by molar-refractivity contribution is 5.85. The summed E-state index contributed by atoms with van der Waals surface area (Å²) in [6.45, 7) is 7.90. The second-order valence-electron chi connectivity index (χ2n) is 7.44. The van der Waals surface area contributed by atoms with E-state index in [0.29, 0.717) is 13.2 Å². The molecule has 0 amide bonds. The molecule has 1 saturated carbocycles. The highest BCUT2D eigenvalue weighted by Crippen LogP contribution is 2.37. The van der Waals surface area contributed by atoms with Crippen molar-refractivity contribution in [1.82, 2.24) is 15.3 Å². The van der Waals surface area contributed by atoms with E-state index in [9.17, 15) is 0 Å². The minimum atomic E-state index is 0. The summed E-state index contributed by atoms with van der Waals surface area (Å²) < 4.78 is 11.8. The molecule has 8 heteroatoms. The zero-order chi connectivity index (χ0) is 17.1. The monoisotopic (exact) mass is 418 g/mol. The van der Waals surface area contributed by atoms with Crippen LogP contribution in [0.1, 0.15) is 49.7 Å². The Hall–Kier alpha value is -0.660. The highest BCUT2D eigenvalue weighted by atomic mass is 35.5. The second-order valence-corrected chi connectivity index (χ2v) is 7.44. The maximum Gasteiger partial charge on any atom is 0.156 e. The molecule has 1 aliphatic carbocycles. The number of fused-ring (bicyclic) bond motifs is 1. The van der Waals surface area contributed by atoms with Gasteiger partial charge in [-0.3, -0.25) is 0 Å². The van der Waals surface area contributed by atoms with Crippen LogP contribution >= 0.6 is 24.8 Å². The molecule has 27 heavy (non-hydrogen) atoms. The van der Waals surface area contributed by atoms with Crippen molar-refractivity contribution in [2.75, 3.05) is 44.3 Å². The van der Waals surface area contributed by atoms with Crippen LogP contribution in [0.3, 0.4) is 0 Å². The first-order chi connectivity index (χ1) is 12.3. The lowest BCUT2D eigenvalue weighted by Gasteiger charge is -2.41. The van der Waals surface area contributed by atoms with Gasteiger partial charge >= 0.3 is 0 Å². The number of nitrogens with one attached hydrogen (secondary N) is 1. The Kier molecular flexibility index (Phi) is 8.56. The van der Waals surface area contributed by atoms with Gasteiger partial charge in [-0.1, -0.05) is 12.8 Å². The van der Waals surface area contributed by atoms with Crippen LogP contribution in [0.25, 0.3) is 0 Å². The molecule has 1 aromatic heterocycles. The lowest BCUT2D eigenvalue weighted by Crippen LogP contribution is -2.51. The molecule has 4 rings (SSSR count). The third-order valence-corrected chi connectivity index (χ3v) is 5.71. The Morgan fingerprint density at radius 2 is 1.93 bits per heavy atom. The minimum Gasteiger partial charge on any atom is -0.374 e. The van der Waals surface area contributed by atoms with Crippen LogP contribution in [0.2, 0.25) is 0 Å². The van der Waals surface area contributed by atoms with Crippen LogP contribution < -0.4 is 10.2 Å². The summed E-state index contributed by atoms with van der Waals surface area (Å²) in [4.78, 5) is 12.2. The predicted molar refractivity (Wildman–Crippen MR) is 111 cm³/mol. The van der Waals surface area contributed by atoms with Crippen LogP contribution in [-0.2, 0) is 28.9 Å². The zero-order valence-corrected chi connectivity index (χ0v) is 17.8. The SMILES string of the molecule is CCOCc1nc2c(c(N3CCOC4(CCCC4)C3)n1)CCNCC2.Cl.Cl. The van der Waals surface area contributed by atoms with E-state index >= 15 is 0 Å². The molecule has 154 valence electrons. The molecule has 1 N–H and O–H groups in total. The van der Waals surface area contributed by atoms with Crippen molar-refractivity contribution in [2.24, 2.45) is 0 Å². The fraction of sp³-hybridized carbons (Fsp3) is 0.789. The molecule has 2 fully saturated rings. The van der Waals surface area contributed by atoms with Gasteiger partial charge in [0.2, 0.25) is 0 Å². The van der Waals surface area contributed by atoms with Gasteiger partial charge in [0.15, 0.2) is 5.82 Å². The van der Waals surface area contributed by atoms with Crippen molar-refractivity contribution in [1.29, 1.82) is 0 Å². The van der Waals surface area contributed by atoms with E-state index in [1.165, 1.54) is 36.9 Å². The molecular formula is C19H32Cl2N4O2. The van der Waals surface area contributed by atoms with Gasteiger partial charge in [-0.05, 0) is 32.7 Å². The molecule has 0 unspecified atom stereocenters. The summed E-state index contributed by atoms with van der Waals surface area (Å²) >= 11 is 0. The van der Waals surface area contributed by atoms with E-state index in [-0.39, 0.29) is 30.4 Å². The quantitative estimate of drug-likeness (QED) is 0.810. The van der Waals surface area contributed by atoms with E-state index in [1.54, 1.807) is 0 Å². The maximum absolute atomic E-state index is 6.22. The number of rotatable bonds is 4. The zero-order valence-electron chi connectivity index (χ0n) is 16.2. The van der Waals surface area contributed by atoms with Crippen LogP contribution in [0, 0.1) is 0 Å². The van der Waals surface area contributed by atoms with Gasteiger partial charge in [0.05, 0.1) is 17.9 Å². The van der Waals surface area contributed by atoms with Gasteiger partial charge < -0.3 is 19.7 Å². The topological polar surface area (TPSA) is 59.5 Å². The van der Waals surface area contributed by atoms with Gasteiger partial charge in [-0.2, -0.15) is 0 Å². The summed E-state index contributed by atoms with van der Waals surface area (Å²) in [5, 5.41) is 3.49. The predicted octanol–water partition coefficient (Wildman–Crippen LogP) is 2.69. The van der Waals surface area contributed by atoms with Gasteiger partial charge in [-0.15, -0.1) is 24.8 Å². The van der Waals surface area contributed by atoms with Gasteiger partial charge in [0.25, 0.3) is 0 Å². The molecule has 1 saturated heterocycles. The van der Waals surface area contributed by atoms with Crippen molar-refractivity contribution in [3.05, 3.63) is 17.1 Å². The van der Waals surface area contributed by atoms with Crippen LogP contribution in [0.15, 0.2) is 0 Å². The van der Waals surface area contributed by atoms with Crippen molar-refractivity contribution in [3.63, 3.8) is 0 Å². The Morgan fingerprint density at radius 3 is 2.70 bits per heavy atom. The number of ether oxygens (including phenoxy) is 2. The van der Waals surface area contributed by atoms with E-state index in [0.717, 1.165) is 57.3 Å². The molecule has 0 bridgehead atoms. The largest absolute Gasteiger partial charge is 0.374 e. The average molecular weight is 419 g/mol. The fourth-order valence-corrected chi connectivity index (χ4v) is 4.44. The summed E-state index contributed by atoms with van der Waals surface area (Å²) in [6.07, 6.45) is 6.92. The summed E-state index contributed by atoms with van der Waals surface area (Å²) in [5.74, 6) is 1.96. The van der Waals surface area contributed by atoms with E-state index < -0.39 is 0 Å². The number of nitrogens with zero attached hydrogens (tertiary/aromatic N) is 3. The number of hydrogen-bond donors (Lipinski definition) is 1.